The van der Waals surface area contributed by atoms with E-state index in [0.29, 0.717) is 17.5 Å². The van der Waals surface area contributed by atoms with Crippen molar-refractivity contribution in [3.05, 3.63) is 175 Å². The third-order valence-electron chi connectivity index (χ3n) is 10.6. The summed E-state index contributed by atoms with van der Waals surface area (Å²) in [7, 11) is 0. The molecular weight excluding hydrogens is 651 g/mol. The Balaban J connectivity index is 1.03. The summed E-state index contributed by atoms with van der Waals surface area (Å²) in [6, 6.07) is 58.3. The lowest BCUT2D eigenvalue weighted by Crippen LogP contribution is -2.14. The molecule has 2 heterocycles. The summed E-state index contributed by atoms with van der Waals surface area (Å²) in [5.74, 6) is 2.00. The van der Waals surface area contributed by atoms with Crippen LogP contribution in [0.4, 0.5) is 0 Å². The molecule has 3 nitrogen and oxygen atoms in total. The molecular formula is C48H33N3S. The number of hydrogen-bond acceptors (Lipinski definition) is 4. The van der Waals surface area contributed by atoms with Gasteiger partial charge in [0.05, 0.1) is 0 Å². The van der Waals surface area contributed by atoms with E-state index in [4.69, 9.17) is 15.0 Å². The van der Waals surface area contributed by atoms with Crippen LogP contribution in [-0.4, -0.2) is 15.0 Å². The van der Waals surface area contributed by atoms with E-state index in [9.17, 15) is 0 Å². The lowest BCUT2D eigenvalue weighted by atomic mass is 9.82. The van der Waals surface area contributed by atoms with Crippen LogP contribution in [0.2, 0.25) is 0 Å². The molecule has 0 aliphatic heterocycles. The Hall–Kier alpha value is -6.23. The van der Waals surface area contributed by atoms with Crippen LogP contribution in [-0.2, 0) is 5.41 Å². The maximum atomic E-state index is 5.16. The SMILES string of the molecule is CC1(C)c2ccccc2-c2c(-c3nc(-c4ccccc4)nc(-c4ccc(-c5ccc(-c6cccc7c6sc6ccccc67)cc5)cc4)n3)cccc21. The molecule has 9 aromatic rings. The average Bonchev–Trinajstić information content (AvgIpc) is 3.70. The molecule has 0 fully saturated rings. The van der Waals surface area contributed by atoms with E-state index in [1.165, 1.54) is 59.1 Å². The Kier molecular flexibility index (Phi) is 7.02. The smallest absolute Gasteiger partial charge is 0.164 e. The maximum absolute atomic E-state index is 5.16. The molecule has 1 aliphatic rings. The normalized spacial score (nSPS) is 13.0. The van der Waals surface area contributed by atoms with Crippen LogP contribution in [0, 0.1) is 0 Å². The van der Waals surface area contributed by atoms with E-state index in [0.717, 1.165) is 22.3 Å². The van der Waals surface area contributed by atoms with Crippen LogP contribution in [0.1, 0.15) is 25.0 Å². The molecule has 0 atom stereocenters. The Labute approximate surface area is 307 Å². The zero-order valence-corrected chi connectivity index (χ0v) is 29.7. The number of nitrogens with zero attached hydrogens (tertiary/aromatic N) is 3. The fraction of sp³-hybridized carbons (Fsp3) is 0.0625. The molecule has 10 rings (SSSR count). The molecule has 2 aromatic heterocycles. The summed E-state index contributed by atoms with van der Waals surface area (Å²) in [6.45, 7) is 4.60. The second kappa shape index (κ2) is 11.9. The monoisotopic (exact) mass is 683 g/mol. The van der Waals surface area contributed by atoms with Crippen molar-refractivity contribution in [2.45, 2.75) is 19.3 Å². The first-order valence-electron chi connectivity index (χ1n) is 17.7. The predicted molar refractivity (Wildman–Crippen MR) is 217 cm³/mol. The van der Waals surface area contributed by atoms with Gasteiger partial charge in [-0.25, -0.2) is 15.0 Å². The van der Waals surface area contributed by atoms with Gasteiger partial charge in [-0.15, -0.1) is 11.3 Å². The quantitative estimate of drug-likeness (QED) is 0.181. The highest BCUT2D eigenvalue weighted by molar-refractivity contribution is 7.26. The van der Waals surface area contributed by atoms with E-state index >= 15 is 0 Å². The molecule has 0 radical (unpaired) electrons. The fourth-order valence-electron chi connectivity index (χ4n) is 7.91. The Bertz CT molecular complexity index is 2800. The van der Waals surface area contributed by atoms with Crippen LogP contribution in [0.25, 0.3) is 87.7 Å². The molecule has 0 amide bonds. The van der Waals surface area contributed by atoms with E-state index in [1.54, 1.807) is 0 Å². The van der Waals surface area contributed by atoms with Gasteiger partial charge in [0, 0.05) is 42.3 Å². The zero-order valence-electron chi connectivity index (χ0n) is 28.8. The van der Waals surface area contributed by atoms with Gasteiger partial charge < -0.3 is 0 Å². The second-order valence-corrected chi connectivity index (χ2v) is 15.1. The molecule has 0 saturated heterocycles. The molecule has 4 heteroatoms. The van der Waals surface area contributed by atoms with Crippen LogP contribution in [0.3, 0.4) is 0 Å². The lowest BCUT2D eigenvalue weighted by molar-refractivity contribution is 0.660. The largest absolute Gasteiger partial charge is 0.208 e. The third kappa shape index (κ3) is 4.90. The van der Waals surface area contributed by atoms with Crippen molar-refractivity contribution in [3.63, 3.8) is 0 Å². The van der Waals surface area contributed by atoms with Crippen molar-refractivity contribution in [2.24, 2.45) is 0 Å². The van der Waals surface area contributed by atoms with E-state index in [2.05, 4.69) is 159 Å². The average molecular weight is 684 g/mol. The van der Waals surface area contributed by atoms with Gasteiger partial charge in [-0.1, -0.05) is 172 Å². The van der Waals surface area contributed by atoms with Crippen LogP contribution < -0.4 is 0 Å². The van der Waals surface area contributed by atoms with Crippen LogP contribution in [0.5, 0.6) is 0 Å². The van der Waals surface area contributed by atoms with Crippen LogP contribution >= 0.6 is 11.3 Å². The zero-order chi connectivity index (χ0) is 34.8. The van der Waals surface area contributed by atoms with E-state index < -0.39 is 0 Å². The van der Waals surface area contributed by atoms with Gasteiger partial charge in [-0.05, 0) is 50.6 Å². The Morgan fingerprint density at radius 1 is 0.385 bits per heavy atom. The summed E-state index contributed by atoms with van der Waals surface area (Å²) in [4.78, 5) is 15.3. The fourth-order valence-corrected chi connectivity index (χ4v) is 9.15. The van der Waals surface area contributed by atoms with Crippen molar-refractivity contribution in [3.8, 4) is 67.5 Å². The number of fused-ring (bicyclic) bond motifs is 6. The number of thiophene rings is 1. The minimum absolute atomic E-state index is 0.111. The Morgan fingerprint density at radius 3 is 1.67 bits per heavy atom. The highest BCUT2D eigenvalue weighted by Crippen LogP contribution is 2.51. The molecule has 0 bridgehead atoms. The number of rotatable bonds is 5. The van der Waals surface area contributed by atoms with Crippen molar-refractivity contribution in [1.29, 1.82) is 0 Å². The summed E-state index contributed by atoms with van der Waals surface area (Å²) in [5.41, 5.74) is 12.7. The maximum Gasteiger partial charge on any atom is 0.164 e. The minimum Gasteiger partial charge on any atom is -0.208 e. The molecule has 1 aliphatic carbocycles. The van der Waals surface area contributed by atoms with Gasteiger partial charge in [0.15, 0.2) is 17.5 Å². The van der Waals surface area contributed by atoms with Crippen molar-refractivity contribution < 1.29 is 0 Å². The summed E-state index contributed by atoms with van der Waals surface area (Å²) < 4.78 is 2.66. The number of hydrogen-bond donors (Lipinski definition) is 0. The number of benzene rings is 7. The van der Waals surface area contributed by atoms with Crippen LogP contribution in [0.15, 0.2) is 164 Å². The van der Waals surface area contributed by atoms with Gasteiger partial charge in [0.1, 0.15) is 0 Å². The first-order chi connectivity index (χ1) is 25.5. The highest BCUT2D eigenvalue weighted by atomic mass is 32.1. The molecule has 52 heavy (non-hydrogen) atoms. The minimum atomic E-state index is -0.111. The summed E-state index contributed by atoms with van der Waals surface area (Å²) >= 11 is 1.87. The first-order valence-corrected chi connectivity index (χ1v) is 18.5. The Morgan fingerprint density at radius 2 is 0.904 bits per heavy atom. The molecule has 7 aromatic carbocycles. The van der Waals surface area contributed by atoms with Crippen molar-refractivity contribution >= 4 is 31.5 Å². The van der Waals surface area contributed by atoms with Gasteiger partial charge >= 0.3 is 0 Å². The predicted octanol–water partition coefficient (Wildman–Crippen LogP) is 12.9. The van der Waals surface area contributed by atoms with E-state index in [1.807, 2.05) is 29.5 Å². The molecule has 246 valence electrons. The van der Waals surface area contributed by atoms with E-state index in [-0.39, 0.29) is 5.41 Å². The highest BCUT2D eigenvalue weighted by Gasteiger charge is 2.37. The third-order valence-corrected chi connectivity index (χ3v) is 11.8. The molecule has 0 spiro atoms. The van der Waals surface area contributed by atoms with Gasteiger partial charge in [0.2, 0.25) is 0 Å². The first kappa shape index (κ1) is 30.6. The molecule has 0 unspecified atom stereocenters. The molecule has 0 saturated carbocycles. The molecule has 0 N–H and O–H groups in total. The topological polar surface area (TPSA) is 38.7 Å². The summed E-state index contributed by atoms with van der Waals surface area (Å²) in [5, 5.41) is 2.64. The standard InChI is InChI=1S/C48H33N3S/c1-48(2)40-19-8-6-15-38(40)43-39(18-11-20-41(43)48)47-50-45(33-12-4-3-5-13-33)49-46(51-47)34-28-24-31(25-29-34)30-22-26-32(27-23-30)35-16-10-17-37-36-14-7-9-21-42(36)52-44(35)37/h3-29H,1-2H3. The second-order valence-electron chi connectivity index (χ2n) is 14.0. The van der Waals surface area contributed by atoms with Crippen molar-refractivity contribution in [2.75, 3.05) is 0 Å². The van der Waals surface area contributed by atoms with Gasteiger partial charge in [-0.3, -0.25) is 0 Å². The van der Waals surface area contributed by atoms with Gasteiger partial charge in [-0.2, -0.15) is 0 Å². The lowest BCUT2D eigenvalue weighted by Gasteiger charge is -2.21. The number of aromatic nitrogens is 3. The van der Waals surface area contributed by atoms with Crippen molar-refractivity contribution in [1.82, 2.24) is 15.0 Å². The summed E-state index contributed by atoms with van der Waals surface area (Å²) in [6.07, 6.45) is 0. The van der Waals surface area contributed by atoms with Gasteiger partial charge in [0.25, 0.3) is 0 Å².